The second kappa shape index (κ2) is 5.55. The fourth-order valence-corrected chi connectivity index (χ4v) is 2.35. The van der Waals surface area contributed by atoms with Gasteiger partial charge in [0.15, 0.2) is 0 Å². The third-order valence-electron chi connectivity index (χ3n) is 3.29. The Bertz CT molecular complexity index is 858. The smallest absolute Gasteiger partial charge is 0.259 e. The number of pyridine rings is 1. The highest BCUT2D eigenvalue weighted by Gasteiger charge is 2.21. The molecule has 0 unspecified atom stereocenters. The van der Waals surface area contributed by atoms with Gasteiger partial charge in [0.25, 0.3) is 11.6 Å². The summed E-state index contributed by atoms with van der Waals surface area (Å²) in [5.41, 5.74) is 1.78. The molecule has 0 aliphatic heterocycles. The van der Waals surface area contributed by atoms with Crippen molar-refractivity contribution in [2.75, 3.05) is 6.54 Å². The molecule has 1 N–H and O–H groups in total. The van der Waals surface area contributed by atoms with Crippen LogP contribution in [0.2, 0.25) is 0 Å². The topological polar surface area (TPSA) is 68.0 Å². The Kier molecular flexibility index (Phi) is 3.58. The van der Waals surface area contributed by atoms with E-state index in [9.17, 15) is 9.18 Å². The van der Waals surface area contributed by atoms with Crippen molar-refractivity contribution < 1.29 is 13.7 Å². The molecule has 3 aromatic rings. The molecule has 0 fully saturated rings. The van der Waals surface area contributed by atoms with Gasteiger partial charge >= 0.3 is 0 Å². The maximum absolute atomic E-state index is 14.0. The molecule has 22 heavy (non-hydrogen) atoms. The average Bonchev–Trinajstić information content (AvgIpc) is 2.90. The van der Waals surface area contributed by atoms with Crippen molar-refractivity contribution in [1.29, 1.82) is 0 Å². The Hall–Kier alpha value is -2.76. The summed E-state index contributed by atoms with van der Waals surface area (Å²) < 4.78 is 19.2. The molecule has 0 aliphatic carbocycles. The van der Waals surface area contributed by atoms with Crippen LogP contribution in [0.25, 0.3) is 22.4 Å². The number of carbonyl (C=O) groups excluding carboxylic acids is 1. The highest BCUT2D eigenvalue weighted by atomic mass is 19.1. The lowest BCUT2D eigenvalue weighted by molar-refractivity contribution is 0.0957. The molecule has 0 bridgehead atoms. The zero-order valence-electron chi connectivity index (χ0n) is 12.2. The Morgan fingerprint density at radius 1 is 1.36 bits per heavy atom. The number of nitrogens with zero attached hydrogens (tertiary/aromatic N) is 2. The van der Waals surface area contributed by atoms with Gasteiger partial charge in [0.05, 0.1) is 10.9 Å². The molecule has 112 valence electrons. The molecule has 2 aromatic heterocycles. The Morgan fingerprint density at radius 2 is 2.14 bits per heavy atom. The number of nitrogens with one attached hydrogen (secondary N) is 1. The molecule has 0 aliphatic rings. The van der Waals surface area contributed by atoms with Gasteiger partial charge in [-0.05, 0) is 32.0 Å². The molecule has 3 rings (SSSR count). The first-order valence-corrected chi connectivity index (χ1v) is 6.92. The van der Waals surface area contributed by atoms with Gasteiger partial charge in [0, 0.05) is 17.8 Å². The number of hydrogen-bond donors (Lipinski definition) is 1. The van der Waals surface area contributed by atoms with E-state index in [1.54, 1.807) is 31.2 Å². The zero-order chi connectivity index (χ0) is 15.7. The first kappa shape index (κ1) is 14.2. The number of rotatable bonds is 3. The third-order valence-corrected chi connectivity index (χ3v) is 3.29. The first-order chi connectivity index (χ1) is 10.6. The summed E-state index contributed by atoms with van der Waals surface area (Å²) in [6.45, 7) is 4.07. The van der Waals surface area contributed by atoms with E-state index in [-0.39, 0.29) is 22.9 Å². The van der Waals surface area contributed by atoms with E-state index in [1.165, 1.54) is 6.07 Å². The van der Waals surface area contributed by atoms with Crippen molar-refractivity contribution in [2.45, 2.75) is 13.8 Å². The van der Waals surface area contributed by atoms with Crippen LogP contribution < -0.4 is 5.32 Å². The lowest BCUT2D eigenvalue weighted by Crippen LogP contribution is -2.23. The highest BCUT2D eigenvalue weighted by Crippen LogP contribution is 2.31. The first-order valence-electron chi connectivity index (χ1n) is 6.92. The number of aromatic nitrogens is 2. The molecular formula is C16H14FN3O2. The maximum atomic E-state index is 14.0. The summed E-state index contributed by atoms with van der Waals surface area (Å²) in [6.07, 6.45) is 0. The Morgan fingerprint density at radius 3 is 2.86 bits per heavy atom. The number of amides is 1. The number of hydrogen-bond acceptors (Lipinski definition) is 4. The van der Waals surface area contributed by atoms with Crippen LogP contribution in [0, 0.1) is 12.7 Å². The molecule has 0 atom stereocenters. The molecule has 1 aromatic carbocycles. The maximum Gasteiger partial charge on any atom is 0.259 e. The zero-order valence-corrected chi connectivity index (χ0v) is 12.2. The van der Waals surface area contributed by atoms with Crippen molar-refractivity contribution in [3.8, 4) is 11.3 Å². The monoisotopic (exact) mass is 299 g/mol. The molecule has 5 nitrogen and oxygen atoms in total. The largest absolute Gasteiger partial charge is 0.352 e. The number of halogens is 1. The standard InChI is InChI=1S/C16H14FN3O2/c1-3-18-15(21)11-8-9(2)19-16-13(11)14(20-22-16)10-6-4-5-7-12(10)17/h4-8H,3H2,1-2H3,(H,18,21). The van der Waals surface area contributed by atoms with Crippen LogP contribution in [0.4, 0.5) is 4.39 Å². The summed E-state index contributed by atoms with van der Waals surface area (Å²) in [5.74, 6) is -0.695. The van der Waals surface area contributed by atoms with E-state index in [1.807, 2.05) is 6.92 Å². The van der Waals surface area contributed by atoms with E-state index >= 15 is 0 Å². The summed E-state index contributed by atoms with van der Waals surface area (Å²) in [5, 5.41) is 7.07. The van der Waals surface area contributed by atoms with Crippen molar-refractivity contribution in [3.05, 3.63) is 47.4 Å². The summed E-state index contributed by atoms with van der Waals surface area (Å²) in [7, 11) is 0. The minimum Gasteiger partial charge on any atom is -0.352 e. The van der Waals surface area contributed by atoms with Crippen molar-refractivity contribution in [3.63, 3.8) is 0 Å². The number of carbonyl (C=O) groups is 1. The van der Waals surface area contributed by atoms with Crippen LogP contribution in [0.1, 0.15) is 23.0 Å². The number of aryl methyl sites for hydroxylation is 1. The van der Waals surface area contributed by atoms with Gasteiger partial charge in [0.2, 0.25) is 0 Å². The van der Waals surface area contributed by atoms with E-state index in [0.29, 0.717) is 23.2 Å². The van der Waals surface area contributed by atoms with E-state index in [2.05, 4.69) is 15.5 Å². The number of fused-ring (bicyclic) bond motifs is 1. The molecule has 2 heterocycles. The molecule has 6 heteroatoms. The minimum atomic E-state index is -0.430. The molecule has 0 saturated carbocycles. The summed E-state index contributed by atoms with van der Waals surface area (Å²) >= 11 is 0. The second-order valence-corrected chi connectivity index (χ2v) is 4.86. The highest BCUT2D eigenvalue weighted by molar-refractivity contribution is 6.09. The van der Waals surface area contributed by atoms with Crippen LogP contribution >= 0.6 is 0 Å². The molecular weight excluding hydrogens is 285 g/mol. The van der Waals surface area contributed by atoms with Crippen molar-refractivity contribution in [1.82, 2.24) is 15.5 Å². The van der Waals surface area contributed by atoms with Gasteiger partial charge < -0.3 is 9.84 Å². The van der Waals surface area contributed by atoms with E-state index in [0.717, 1.165) is 0 Å². The Labute approximate surface area is 126 Å². The van der Waals surface area contributed by atoms with Gasteiger partial charge in [-0.15, -0.1) is 0 Å². The second-order valence-electron chi connectivity index (χ2n) is 4.86. The van der Waals surface area contributed by atoms with Crippen LogP contribution in [-0.2, 0) is 0 Å². The summed E-state index contributed by atoms with van der Waals surface area (Å²) in [6, 6.07) is 7.87. The molecule has 0 radical (unpaired) electrons. The fraction of sp³-hybridized carbons (Fsp3) is 0.188. The molecule has 0 spiro atoms. The third kappa shape index (κ3) is 2.32. The van der Waals surface area contributed by atoms with Gasteiger partial charge in [-0.3, -0.25) is 4.79 Å². The van der Waals surface area contributed by atoms with Gasteiger partial charge in [-0.2, -0.15) is 0 Å². The van der Waals surface area contributed by atoms with Crippen LogP contribution in [0.5, 0.6) is 0 Å². The van der Waals surface area contributed by atoms with Gasteiger partial charge in [0.1, 0.15) is 11.5 Å². The normalized spacial score (nSPS) is 10.9. The summed E-state index contributed by atoms with van der Waals surface area (Å²) in [4.78, 5) is 16.5. The van der Waals surface area contributed by atoms with Crippen LogP contribution in [-0.4, -0.2) is 22.6 Å². The quantitative estimate of drug-likeness (QED) is 0.807. The number of benzene rings is 1. The van der Waals surface area contributed by atoms with Gasteiger partial charge in [-0.1, -0.05) is 17.3 Å². The van der Waals surface area contributed by atoms with Crippen LogP contribution in [0.15, 0.2) is 34.9 Å². The van der Waals surface area contributed by atoms with Crippen molar-refractivity contribution in [2.24, 2.45) is 0 Å². The predicted octanol–water partition coefficient (Wildman–Crippen LogP) is 3.09. The Balaban J connectivity index is 2.29. The van der Waals surface area contributed by atoms with Gasteiger partial charge in [-0.25, -0.2) is 9.37 Å². The molecule has 1 amide bonds. The van der Waals surface area contributed by atoms with E-state index in [4.69, 9.17) is 4.52 Å². The fourth-order valence-electron chi connectivity index (χ4n) is 2.35. The SMILES string of the molecule is CCNC(=O)c1cc(C)nc2onc(-c3ccccc3F)c12. The lowest BCUT2D eigenvalue weighted by Gasteiger charge is -2.06. The predicted molar refractivity (Wildman–Crippen MR) is 79.9 cm³/mol. The molecule has 0 saturated heterocycles. The minimum absolute atomic E-state index is 0.222. The van der Waals surface area contributed by atoms with Crippen LogP contribution in [0.3, 0.4) is 0 Å². The van der Waals surface area contributed by atoms with E-state index < -0.39 is 5.82 Å². The average molecular weight is 299 g/mol. The lowest BCUT2D eigenvalue weighted by atomic mass is 10.0. The van der Waals surface area contributed by atoms with Crippen molar-refractivity contribution >= 4 is 17.0 Å².